The predicted molar refractivity (Wildman–Crippen MR) is 151 cm³/mol. The topological polar surface area (TPSA) is 108 Å². The van der Waals surface area contributed by atoms with Gasteiger partial charge in [0.1, 0.15) is 0 Å². The lowest BCUT2D eigenvalue weighted by atomic mass is 9.83. The number of carboxylic acid groups (broad SMARTS) is 1. The largest absolute Gasteiger partial charge is 0.481 e. The summed E-state index contributed by atoms with van der Waals surface area (Å²) >= 11 is 0. The second-order valence-corrected chi connectivity index (χ2v) is 11.7. The molecule has 2 N–H and O–H groups in total. The fraction of sp³-hybridized carbons (Fsp3) is 0.500. The maximum Gasteiger partial charge on any atom is 0.309 e. The number of ether oxygens (including phenoxy) is 1. The molecule has 8 heteroatoms. The minimum absolute atomic E-state index is 0.00993. The van der Waals surface area contributed by atoms with Crippen LogP contribution in [-0.4, -0.2) is 46.4 Å². The van der Waals surface area contributed by atoms with Gasteiger partial charge < -0.3 is 15.2 Å². The number of hydrogen-bond donors (Lipinski definition) is 2. The average Bonchev–Trinajstić information content (AvgIpc) is 3.56. The molecule has 212 valence electrons. The van der Waals surface area contributed by atoms with Gasteiger partial charge >= 0.3 is 5.97 Å². The zero-order valence-corrected chi connectivity index (χ0v) is 23.2. The molecule has 2 fully saturated rings. The summed E-state index contributed by atoms with van der Waals surface area (Å²) < 4.78 is 5.55. The van der Waals surface area contributed by atoms with Gasteiger partial charge in [-0.1, -0.05) is 61.7 Å². The van der Waals surface area contributed by atoms with Crippen molar-refractivity contribution >= 4 is 23.7 Å². The molecule has 5 rings (SSSR count). The first-order chi connectivity index (χ1) is 19.3. The number of carboxylic acids is 1. The van der Waals surface area contributed by atoms with E-state index in [0.29, 0.717) is 24.8 Å². The smallest absolute Gasteiger partial charge is 0.309 e. The SMILES string of the molecule is CC(CCCC1(C(=O)O)CC1)NC(=O)C(c1ccc(CN2N=C(c3ccccc3)OCC2=O)cc1)C1CCCC1. The van der Waals surface area contributed by atoms with E-state index in [1.165, 1.54) is 5.01 Å². The van der Waals surface area contributed by atoms with Crippen molar-refractivity contribution in [3.8, 4) is 0 Å². The number of nitrogens with zero attached hydrogens (tertiary/aromatic N) is 2. The second kappa shape index (κ2) is 12.2. The standard InChI is InChI=1S/C32H39N3O5/c1-22(8-7-17-32(18-19-32)31(38)39)33-29(37)28(24-9-5-6-10-24)25-15-13-23(14-16-25)20-35-27(36)21-40-30(34-35)26-11-3-2-4-12-26/h2-4,11-16,22,24,28H,5-10,17-21H2,1H3,(H,33,37)(H,38,39). The highest BCUT2D eigenvalue weighted by molar-refractivity contribution is 5.97. The fourth-order valence-corrected chi connectivity index (χ4v) is 6.05. The van der Waals surface area contributed by atoms with Gasteiger partial charge in [0, 0.05) is 11.6 Å². The third-order valence-corrected chi connectivity index (χ3v) is 8.67. The normalized spacial score (nSPS) is 19.9. The van der Waals surface area contributed by atoms with Gasteiger partial charge in [-0.2, -0.15) is 0 Å². The molecule has 2 aromatic carbocycles. The molecule has 2 atom stereocenters. The minimum Gasteiger partial charge on any atom is -0.481 e. The summed E-state index contributed by atoms with van der Waals surface area (Å²) in [5, 5.41) is 18.5. The summed E-state index contributed by atoms with van der Waals surface area (Å²) in [5.41, 5.74) is 2.23. The minimum atomic E-state index is -0.685. The first-order valence-electron chi connectivity index (χ1n) is 14.5. The van der Waals surface area contributed by atoms with Gasteiger partial charge in [-0.15, -0.1) is 5.10 Å². The zero-order chi connectivity index (χ0) is 28.1. The molecule has 0 aromatic heterocycles. The van der Waals surface area contributed by atoms with Crippen LogP contribution in [0.15, 0.2) is 59.7 Å². The van der Waals surface area contributed by atoms with Gasteiger partial charge in [-0.25, -0.2) is 5.01 Å². The summed E-state index contributed by atoms with van der Waals surface area (Å²) in [6.45, 7) is 2.29. The van der Waals surface area contributed by atoms with Crippen molar-refractivity contribution in [2.45, 2.75) is 83.2 Å². The summed E-state index contributed by atoms with van der Waals surface area (Å²) in [6.07, 6.45) is 8.13. The van der Waals surface area contributed by atoms with Crippen LogP contribution in [0.25, 0.3) is 0 Å². The maximum atomic E-state index is 13.5. The van der Waals surface area contributed by atoms with Crippen LogP contribution >= 0.6 is 0 Å². The van der Waals surface area contributed by atoms with E-state index in [-0.39, 0.29) is 30.4 Å². The number of nitrogens with one attached hydrogen (secondary N) is 1. The van der Waals surface area contributed by atoms with E-state index < -0.39 is 11.4 Å². The van der Waals surface area contributed by atoms with Crippen LogP contribution in [0, 0.1) is 11.3 Å². The highest BCUT2D eigenvalue weighted by Crippen LogP contribution is 2.50. The molecule has 2 aliphatic carbocycles. The molecule has 0 bridgehead atoms. The van der Waals surface area contributed by atoms with E-state index in [0.717, 1.165) is 68.1 Å². The van der Waals surface area contributed by atoms with Crippen molar-refractivity contribution < 1.29 is 24.2 Å². The molecule has 2 unspecified atom stereocenters. The molecular weight excluding hydrogens is 506 g/mol. The maximum absolute atomic E-state index is 13.5. The van der Waals surface area contributed by atoms with E-state index in [9.17, 15) is 19.5 Å². The highest BCUT2D eigenvalue weighted by atomic mass is 16.5. The third kappa shape index (κ3) is 6.54. The van der Waals surface area contributed by atoms with Gasteiger partial charge in [-0.3, -0.25) is 14.4 Å². The first-order valence-corrected chi connectivity index (χ1v) is 14.5. The molecule has 0 spiro atoms. The van der Waals surface area contributed by atoms with E-state index in [1.807, 2.05) is 61.5 Å². The van der Waals surface area contributed by atoms with Gasteiger partial charge in [0.2, 0.25) is 11.8 Å². The number of hydrazone groups is 1. The van der Waals surface area contributed by atoms with Crippen LogP contribution in [-0.2, 0) is 25.7 Å². The lowest BCUT2D eigenvalue weighted by molar-refractivity contribution is -0.143. The fourth-order valence-electron chi connectivity index (χ4n) is 6.05. The molecular formula is C32H39N3O5. The predicted octanol–water partition coefficient (Wildman–Crippen LogP) is 5.22. The molecule has 0 saturated heterocycles. The number of aliphatic carboxylic acids is 1. The lowest BCUT2D eigenvalue weighted by Gasteiger charge is -2.26. The Labute approximate surface area is 235 Å². The average molecular weight is 546 g/mol. The van der Waals surface area contributed by atoms with Crippen LogP contribution in [0.4, 0.5) is 0 Å². The van der Waals surface area contributed by atoms with Crippen molar-refractivity contribution in [1.82, 2.24) is 10.3 Å². The molecule has 40 heavy (non-hydrogen) atoms. The number of hydrogen-bond acceptors (Lipinski definition) is 5. The summed E-state index contributed by atoms with van der Waals surface area (Å²) in [5.74, 6) is -0.322. The van der Waals surface area contributed by atoms with Crippen LogP contribution in [0.5, 0.6) is 0 Å². The number of amides is 2. The van der Waals surface area contributed by atoms with Gasteiger partial charge in [0.05, 0.1) is 17.9 Å². The Balaban J connectivity index is 1.22. The zero-order valence-electron chi connectivity index (χ0n) is 23.2. The van der Waals surface area contributed by atoms with E-state index >= 15 is 0 Å². The quantitative estimate of drug-likeness (QED) is 0.380. The van der Waals surface area contributed by atoms with E-state index in [4.69, 9.17) is 4.74 Å². The molecule has 8 nitrogen and oxygen atoms in total. The Morgan fingerprint density at radius 2 is 1.80 bits per heavy atom. The Morgan fingerprint density at radius 3 is 2.45 bits per heavy atom. The van der Waals surface area contributed by atoms with Gasteiger partial charge in [0.25, 0.3) is 5.91 Å². The van der Waals surface area contributed by atoms with Crippen molar-refractivity contribution in [3.05, 3.63) is 71.3 Å². The molecule has 2 aromatic rings. The van der Waals surface area contributed by atoms with Crippen molar-refractivity contribution in [2.24, 2.45) is 16.4 Å². The molecule has 2 saturated carbocycles. The number of carbonyl (C=O) groups excluding carboxylic acids is 2. The van der Waals surface area contributed by atoms with Crippen molar-refractivity contribution in [1.29, 1.82) is 0 Å². The second-order valence-electron chi connectivity index (χ2n) is 11.7. The number of rotatable bonds is 12. The summed E-state index contributed by atoms with van der Waals surface area (Å²) in [7, 11) is 0. The van der Waals surface area contributed by atoms with Crippen LogP contribution < -0.4 is 5.32 Å². The molecule has 2 amide bonds. The van der Waals surface area contributed by atoms with Gasteiger partial charge in [-0.05, 0) is 74.6 Å². The Bertz CT molecular complexity index is 1230. The number of benzene rings is 2. The summed E-state index contributed by atoms with van der Waals surface area (Å²) in [6, 6.07) is 17.5. The molecule has 3 aliphatic rings. The van der Waals surface area contributed by atoms with Crippen LogP contribution in [0.3, 0.4) is 0 Å². The monoisotopic (exact) mass is 545 g/mol. The van der Waals surface area contributed by atoms with Crippen molar-refractivity contribution in [3.63, 3.8) is 0 Å². The highest BCUT2D eigenvalue weighted by Gasteiger charge is 2.49. The van der Waals surface area contributed by atoms with Crippen LogP contribution in [0.2, 0.25) is 0 Å². The molecule has 1 heterocycles. The molecule has 0 radical (unpaired) electrons. The van der Waals surface area contributed by atoms with Crippen molar-refractivity contribution in [2.75, 3.05) is 6.61 Å². The Hall–Kier alpha value is -3.68. The number of carbonyl (C=O) groups is 3. The summed E-state index contributed by atoms with van der Waals surface area (Å²) in [4.78, 5) is 37.5. The Morgan fingerprint density at radius 1 is 1.10 bits per heavy atom. The first kappa shape index (κ1) is 27.9. The van der Waals surface area contributed by atoms with E-state index in [2.05, 4.69) is 10.4 Å². The third-order valence-electron chi connectivity index (χ3n) is 8.67. The van der Waals surface area contributed by atoms with Crippen LogP contribution in [0.1, 0.15) is 87.3 Å². The molecule has 1 aliphatic heterocycles. The van der Waals surface area contributed by atoms with E-state index in [1.54, 1.807) is 0 Å². The lowest BCUT2D eigenvalue weighted by Crippen LogP contribution is -2.38. The Kier molecular flexibility index (Phi) is 8.52. The van der Waals surface area contributed by atoms with Gasteiger partial charge in [0.15, 0.2) is 6.61 Å².